The van der Waals surface area contributed by atoms with Crippen LogP contribution in [0.5, 0.6) is 0 Å². The van der Waals surface area contributed by atoms with Crippen LogP contribution in [0.2, 0.25) is 0 Å². The number of thioether (sulfide) groups is 1. The number of nitro groups is 1. The van der Waals surface area contributed by atoms with Gasteiger partial charge in [-0.25, -0.2) is 13.1 Å². The van der Waals surface area contributed by atoms with Crippen molar-refractivity contribution in [2.24, 2.45) is 0 Å². The number of hydrogen-bond donors (Lipinski definition) is 2. The molecule has 1 saturated heterocycles. The molecule has 2 rings (SSSR count). The topological polar surface area (TPSA) is 115 Å². The third kappa shape index (κ3) is 3.86. The fourth-order valence-electron chi connectivity index (χ4n) is 2.20. The molecule has 0 aliphatic carbocycles. The van der Waals surface area contributed by atoms with Crippen molar-refractivity contribution in [2.45, 2.75) is 29.4 Å². The van der Waals surface area contributed by atoms with Crippen LogP contribution in [0.1, 0.15) is 19.3 Å². The first-order valence-electron chi connectivity index (χ1n) is 6.56. The molecular weight excluding hydrogens is 314 g/mol. The minimum Gasteiger partial charge on any atom is -0.393 e. The van der Waals surface area contributed by atoms with Crippen molar-refractivity contribution in [3.8, 4) is 0 Å². The first-order valence-corrected chi connectivity index (χ1v) is 9.09. The molecule has 0 aromatic heterocycles. The van der Waals surface area contributed by atoms with Gasteiger partial charge in [-0.1, -0.05) is 12.5 Å². The Morgan fingerprint density at radius 2 is 2.19 bits per heavy atom. The summed E-state index contributed by atoms with van der Waals surface area (Å²) in [7, 11) is -3.94. The molecule has 1 heterocycles. The Kier molecular flexibility index (Phi) is 5.07. The first kappa shape index (κ1) is 16.1. The van der Waals surface area contributed by atoms with Gasteiger partial charge in [0.1, 0.15) is 5.69 Å². The first-order chi connectivity index (χ1) is 9.92. The maximum atomic E-state index is 12.3. The molecule has 1 atom stereocenters. The molecule has 0 bridgehead atoms. The summed E-state index contributed by atoms with van der Waals surface area (Å²) >= 11 is 1.73. The normalized spacial score (nSPS) is 19.3. The van der Waals surface area contributed by atoms with Gasteiger partial charge >= 0.3 is 5.69 Å². The summed E-state index contributed by atoms with van der Waals surface area (Å²) in [6.45, 7) is 0.277. The Morgan fingerprint density at radius 3 is 2.81 bits per heavy atom. The molecule has 1 aromatic carbocycles. The average Bonchev–Trinajstić information content (AvgIpc) is 2.46. The van der Waals surface area contributed by atoms with Gasteiger partial charge in [0.25, 0.3) is 0 Å². The lowest BCUT2D eigenvalue weighted by Gasteiger charge is -2.21. The Balaban J connectivity index is 2.19. The highest BCUT2D eigenvalue weighted by Gasteiger charge is 2.28. The quantitative estimate of drug-likeness (QED) is 0.482. The van der Waals surface area contributed by atoms with Crippen LogP contribution < -0.4 is 10.5 Å². The van der Waals surface area contributed by atoms with Crippen LogP contribution in [-0.2, 0) is 10.0 Å². The minimum absolute atomic E-state index is 0.157. The maximum absolute atomic E-state index is 12.3. The number of benzene rings is 1. The lowest BCUT2D eigenvalue weighted by molar-refractivity contribution is -0.386. The van der Waals surface area contributed by atoms with E-state index in [2.05, 4.69) is 4.72 Å². The van der Waals surface area contributed by atoms with Gasteiger partial charge in [0.15, 0.2) is 4.90 Å². The predicted molar refractivity (Wildman–Crippen MR) is 82.8 cm³/mol. The minimum atomic E-state index is -3.94. The highest BCUT2D eigenvalue weighted by Crippen LogP contribution is 2.30. The smallest absolute Gasteiger partial charge is 0.312 e. The molecule has 0 saturated carbocycles. The second kappa shape index (κ2) is 6.63. The lowest BCUT2D eigenvalue weighted by atomic mass is 10.2. The summed E-state index contributed by atoms with van der Waals surface area (Å²) in [5.41, 5.74) is 4.79. The number of nitrogens with one attached hydrogen (secondary N) is 1. The van der Waals surface area contributed by atoms with Crippen LogP contribution in [0.25, 0.3) is 0 Å². The van der Waals surface area contributed by atoms with Crippen molar-refractivity contribution < 1.29 is 13.3 Å². The zero-order chi connectivity index (χ0) is 15.5. The standard InChI is InChI=1S/C12H17N3O4S2/c13-10-5-3-6-11(12(10)15(16)17)21(18,19)14-8-9-4-1-2-7-20-9/h3,5-6,9,14H,1-2,4,7-8,13H2. The van der Waals surface area contributed by atoms with Gasteiger partial charge in [0.05, 0.1) is 4.92 Å². The molecule has 0 amide bonds. The van der Waals surface area contributed by atoms with E-state index in [-0.39, 0.29) is 22.4 Å². The molecule has 1 aliphatic heterocycles. The average molecular weight is 331 g/mol. The number of para-hydroxylation sites is 1. The number of sulfonamides is 1. The number of anilines is 1. The second-order valence-corrected chi connectivity index (χ2v) is 7.94. The molecule has 7 nitrogen and oxygen atoms in total. The Morgan fingerprint density at radius 1 is 1.43 bits per heavy atom. The highest BCUT2D eigenvalue weighted by molar-refractivity contribution is 8.00. The largest absolute Gasteiger partial charge is 0.393 e. The van der Waals surface area contributed by atoms with Crippen molar-refractivity contribution in [3.05, 3.63) is 28.3 Å². The second-order valence-electron chi connectivity index (χ2n) is 4.79. The van der Waals surface area contributed by atoms with E-state index < -0.39 is 20.6 Å². The molecule has 1 fully saturated rings. The number of nitrogens with two attached hydrogens (primary N) is 1. The summed E-state index contributed by atoms with van der Waals surface area (Å²) in [6.07, 6.45) is 3.18. The third-order valence-electron chi connectivity index (χ3n) is 3.28. The van der Waals surface area contributed by atoms with Crippen LogP contribution in [0, 0.1) is 10.1 Å². The van der Waals surface area contributed by atoms with Crippen molar-refractivity contribution in [1.82, 2.24) is 4.72 Å². The molecule has 0 spiro atoms. The Bertz CT molecular complexity index is 627. The van der Waals surface area contributed by atoms with E-state index in [0.717, 1.165) is 25.0 Å². The fourth-order valence-corrected chi connectivity index (χ4v) is 4.83. The summed E-state index contributed by atoms with van der Waals surface area (Å²) in [6, 6.07) is 3.91. The summed E-state index contributed by atoms with van der Waals surface area (Å²) < 4.78 is 27.0. The fraction of sp³-hybridized carbons (Fsp3) is 0.500. The zero-order valence-electron chi connectivity index (χ0n) is 11.3. The molecule has 1 aliphatic rings. The monoisotopic (exact) mass is 331 g/mol. The van der Waals surface area contributed by atoms with E-state index in [0.29, 0.717) is 0 Å². The van der Waals surface area contributed by atoms with E-state index >= 15 is 0 Å². The van der Waals surface area contributed by atoms with Gasteiger partial charge in [0.2, 0.25) is 10.0 Å². The van der Waals surface area contributed by atoms with E-state index in [1.807, 2.05) is 0 Å². The molecule has 1 aromatic rings. The van der Waals surface area contributed by atoms with Gasteiger partial charge in [-0.3, -0.25) is 10.1 Å². The van der Waals surface area contributed by atoms with Gasteiger partial charge in [-0.05, 0) is 30.7 Å². The van der Waals surface area contributed by atoms with E-state index in [4.69, 9.17) is 5.73 Å². The van der Waals surface area contributed by atoms with Crippen LogP contribution in [0.4, 0.5) is 11.4 Å². The zero-order valence-corrected chi connectivity index (χ0v) is 13.0. The summed E-state index contributed by atoms with van der Waals surface area (Å²) in [5, 5.41) is 11.2. The number of rotatable bonds is 5. The molecule has 9 heteroatoms. The van der Waals surface area contributed by atoms with Gasteiger partial charge in [-0.2, -0.15) is 11.8 Å². The summed E-state index contributed by atoms with van der Waals surface area (Å²) in [4.78, 5) is 9.88. The van der Waals surface area contributed by atoms with Crippen LogP contribution in [-0.4, -0.2) is 30.9 Å². The van der Waals surface area contributed by atoms with E-state index in [9.17, 15) is 18.5 Å². The van der Waals surface area contributed by atoms with Gasteiger partial charge < -0.3 is 5.73 Å². The molecular formula is C12H17N3O4S2. The van der Waals surface area contributed by atoms with Gasteiger partial charge in [0, 0.05) is 11.8 Å². The highest BCUT2D eigenvalue weighted by atomic mass is 32.2. The number of nitrogen functional groups attached to an aromatic ring is 1. The number of hydrogen-bond acceptors (Lipinski definition) is 6. The van der Waals surface area contributed by atoms with E-state index in [1.54, 1.807) is 11.8 Å². The molecule has 1 unspecified atom stereocenters. The summed E-state index contributed by atoms with van der Waals surface area (Å²) in [5.74, 6) is 1.02. The van der Waals surface area contributed by atoms with Crippen molar-refractivity contribution in [2.75, 3.05) is 18.0 Å². The molecule has 116 valence electrons. The molecule has 3 N–H and O–H groups in total. The number of nitrogens with zero attached hydrogens (tertiary/aromatic N) is 1. The lowest BCUT2D eigenvalue weighted by Crippen LogP contribution is -2.32. The number of nitro benzene ring substituents is 1. The SMILES string of the molecule is Nc1cccc(S(=O)(=O)NCC2CCCCS2)c1[N+](=O)[O-]. The Labute approximate surface area is 127 Å². The van der Waals surface area contributed by atoms with E-state index in [1.165, 1.54) is 18.2 Å². The maximum Gasteiger partial charge on any atom is 0.312 e. The van der Waals surface area contributed by atoms with Crippen molar-refractivity contribution in [3.63, 3.8) is 0 Å². The Hall–Kier alpha value is -1.32. The van der Waals surface area contributed by atoms with Crippen molar-refractivity contribution in [1.29, 1.82) is 0 Å². The van der Waals surface area contributed by atoms with Crippen molar-refractivity contribution >= 4 is 33.2 Å². The molecule has 0 radical (unpaired) electrons. The van der Waals surface area contributed by atoms with Crippen LogP contribution in [0.15, 0.2) is 23.1 Å². The van der Waals surface area contributed by atoms with Gasteiger partial charge in [-0.15, -0.1) is 0 Å². The predicted octanol–water partition coefficient (Wildman–Crippen LogP) is 1.74. The van der Waals surface area contributed by atoms with Crippen LogP contribution in [0.3, 0.4) is 0 Å². The molecule has 21 heavy (non-hydrogen) atoms. The van der Waals surface area contributed by atoms with Crippen LogP contribution >= 0.6 is 11.8 Å². The third-order valence-corrected chi connectivity index (χ3v) is 6.13.